The first kappa shape index (κ1) is 17.7. The molecule has 4 nitrogen and oxygen atoms in total. The normalized spacial score (nSPS) is 12.7. The molecule has 4 heteroatoms. The van der Waals surface area contributed by atoms with Gasteiger partial charge >= 0.3 is 0 Å². The summed E-state index contributed by atoms with van der Waals surface area (Å²) >= 11 is 0. The molecular weight excluding hydrogens is 432 g/mol. The van der Waals surface area contributed by atoms with Crippen molar-refractivity contribution in [3.8, 4) is 5.69 Å². The second kappa shape index (κ2) is 5.86. The van der Waals surface area contributed by atoms with Crippen molar-refractivity contribution in [3.05, 3.63) is 96.6 Å². The molecule has 0 aliphatic carbocycles. The van der Waals surface area contributed by atoms with Crippen molar-refractivity contribution in [2.45, 2.75) is 6.92 Å². The molecular formula is C31H18N2O2. The number of rotatable bonds is 0. The minimum absolute atomic E-state index is 0.849. The van der Waals surface area contributed by atoms with Crippen LogP contribution in [0.15, 0.2) is 99.8 Å². The first-order chi connectivity index (χ1) is 17.3. The molecule has 0 spiro atoms. The zero-order valence-corrected chi connectivity index (χ0v) is 18.9. The maximum atomic E-state index is 6.75. The summed E-state index contributed by atoms with van der Waals surface area (Å²) in [7, 11) is 0. The summed E-state index contributed by atoms with van der Waals surface area (Å²) in [6.07, 6.45) is 0. The predicted octanol–water partition coefficient (Wildman–Crippen LogP) is 8.58. The van der Waals surface area contributed by atoms with Gasteiger partial charge in [-0.25, -0.2) is 0 Å². The van der Waals surface area contributed by atoms with Crippen LogP contribution in [0, 0.1) is 6.92 Å². The van der Waals surface area contributed by atoms with Crippen molar-refractivity contribution in [3.63, 3.8) is 0 Å². The SMILES string of the molecule is Cc1c2oc3ccccc3n3c4ccccc4oc(c2-3)c2c3cccc4c5ccccc5n(c12)c43. The van der Waals surface area contributed by atoms with Gasteiger partial charge < -0.3 is 13.2 Å². The number of nitrogens with zero attached hydrogens (tertiary/aromatic N) is 2. The van der Waals surface area contributed by atoms with Crippen LogP contribution in [0.1, 0.15) is 5.56 Å². The maximum Gasteiger partial charge on any atom is 0.165 e. The lowest BCUT2D eigenvalue weighted by Crippen LogP contribution is -2.05. The summed E-state index contributed by atoms with van der Waals surface area (Å²) in [5, 5.41) is 4.86. The van der Waals surface area contributed by atoms with E-state index < -0.39 is 0 Å². The minimum atomic E-state index is 0.849. The molecule has 0 N–H and O–H groups in total. The molecule has 2 aliphatic rings. The third-order valence-electron chi connectivity index (χ3n) is 7.64. The Kier molecular flexibility index (Phi) is 2.97. The van der Waals surface area contributed by atoms with Crippen molar-refractivity contribution in [1.29, 1.82) is 0 Å². The number of para-hydroxylation sites is 6. The van der Waals surface area contributed by atoms with Gasteiger partial charge in [0, 0.05) is 21.7 Å². The average Bonchev–Trinajstić information content (AvgIpc) is 3.43. The molecule has 9 rings (SSSR count). The Labute approximate surface area is 198 Å². The van der Waals surface area contributed by atoms with Gasteiger partial charge in [0.1, 0.15) is 5.69 Å². The smallest absolute Gasteiger partial charge is 0.165 e. The molecule has 0 fully saturated rings. The molecule has 2 aromatic heterocycles. The fourth-order valence-corrected chi connectivity index (χ4v) is 6.26. The van der Waals surface area contributed by atoms with Gasteiger partial charge in [0.2, 0.25) is 0 Å². The predicted molar refractivity (Wildman–Crippen MR) is 142 cm³/mol. The van der Waals surface area contributed by atoms with E-state index in [0.717, 1.165) is 55.5 Å². The summed E-state index contributed by atoms with van der Waals surface area (Å²) in [6, 6.07) is 31.7. The number of aromatic nitrogens is 2. The summed E-state index contributed by atoms with van der Waals surface area (Å²) in [4.78, 5) is 0. The molecule has 0 bridgehead atoms. The number of hydrogen-bond acceptors (Lipinski definition) is 2. The first-order valence-corrected chi connectivity index (χ1v) is 11.9. The molecule has 2 aliphatic heterocycles. The molecule has 164 valence electrons. The molecule has 35 heavy (non-hydrogen) atoms. The van der Waals surface area contributed by atoms with Gasteiger partial charge in [-0.15, -0.1) is 0 Å². The van der Waals surface area contributed by atoms with Crippen LogP contribution in [-0.4, -0.2) is 8.97 Å². The van der Waals surface area contributed by atoms with Crippen molar-refractivity contribution >= 4 is 71.5 Å². The van der Waals surface area contributed by atoms with E-state index in [1.807, 2.05) is 24.3 Å². The van der Waals surface area contributed by atoms with Gasteiger partial charge in [-0.1, -0.05) is 60.7 Å². The highest BCUT2D eigenvalue weighted by Gasteiger charge is 2.28. The van der Waals surface area contributed by atoms with Gasteiger partial charge in [-0.3, -0.25) is 4.57 Å². The Balaban J connectivity index is 1.71. The van der Waals surface area contributed by atoms with Crippen molar-refractivity contribution in [2.75, 3.05) is 0 Å². The number of hydrogen-bond donors (Lipinski definition) is 0. The minimum Gasteiger partial charge on any atom is -0.452 e. The zero-order valence-electron chi connectivity index (χ0n) is 18.9. The largest absolute Gasteiger partial charge is 0.452 e. The van der Waals surface area contributed by atoms with Gasteiger partial charge in [-0.2, -0.15) is 0 Å². The molecule has 0 amide bonds. The number of benzene rings is 5. The van der Waals surface area contributed by atoms with E-state index in [0.29, 0.717) is 0 Å². The topological polar surface area (TPSA) is 35.6 Å². The van der Waals surface area contributed by atoms with Gasteiger partial charge in [-0.05, 0) is 37.3 Å². The Morgan fingerprint density at radius 1 is 0.543 bits per heavy atom. The van der Waals surface area contributed by atoms with E-state index in [9.17, 15) is 0 Å². The van der Waals surface area contributed by atoms with Crippen LogP contribution < -0.4 is 0 Å². The van der Waals surface area contributed by atoms with E-state index in [1.54, 1.807) is 0 Å². The molecule has 0 saturated heterocycles. The van der Waals surface area contributed by atoms with E-state index in [1.165, 1.54) is 27.2 Å². The van der Waals surface area contributed by atoms with Crippen molar-refractivity contribution in [2.24, 2.45) is 0 Å². The third kappa shape index (κ3) is 1.93. The van der Waals surface area contributed by atoms with E-state index in [-0.39, 0.29) is 0 Å². The first-order valence-electron chi connectivity index (χ1n) is 11.9. The molecule has 0 saturated carbocycles. The van der Waals surface area contributed by atoms with E-state index in [4.69, 9.17) is 8.83 Å². The summed E-state index contributed by atoms with van der Waals surface area (Å²) in [5.74, 6) is 0. The zero-order chi connectivity index (χ0) is 22.8. The number of fused-ring (bicyclic) bond motifs is 11. The molecule has 0 atom stereocenters. The van der Waals surface area contributed by atoms with Crippen LogP contribution in [0.25, 0.3) is 77.1 Å². The van der Waals surface area contributed by atoms with Gasteiger partial charge in [0.25, 0.3) is 0 Å². The van der Waals surface area contributed by atoms with Crippen LogP contribution >= 0.6 is 0 Å². The Morgan fingerprint density at radius 2 is 1.14 bits per heavy atom. The molecule has 4 heterocycles. The maximum absolute atomic E-state index is 6.75. The van der Waals surface area contributed by atoms with E-state index in [2.05, 4.69) is 82.6 Å². The van der Waals surface area contributed by atoms with Gasteiger partial charge in [0.05, 0.1) is 33.0 Å². The van der Waals surface area contributed by atoms with Crippen molar-refractivity contribution < 1.29 is 8.83 Å². The second-order valence-electron chi connectivity index (χ2n) is 9.38. The lowest BCUT2D eigenvalue weighted by molar-refractivity contribution is 0.624. The van der Waals surface area contributed by atoms with E-state index >= 15 is 0 Å². The lowest BCUT2D eigenvalue weighted by atomic mass is 10.0. The van der Waals surface area contributed by atoms with Crippen LogP contribution in [-0.2, 0) is 0 Å². The van der Waals surface area contributed by atoms with Gasteiger partial charge in [0.15, 0.2) is 22.3 Å². The fourth-order valence-electron chi connectivity index (χ4n) is 6.26. The average molecular weight is 450 g/mol. The highest BCUT2D eigenvalue weighted by molar-refractivity contribution is 6.29. The quantitative estimate of drug-likeness (QED) is 0.171. The molecule has 0 radical (unpaired) electrons. The lowest BCUT2D eigenvalue weighted by Gasteiger charge is -2.21. The Hall–Kier alpha value is -4.70. The van der Waals surface area contributed by atoms with Crippen LogP contribution in [0.5, 0.6) is 0 Å². The summed E-state index contributed by atoms with van der Waals surface area (Å²) in [6.45, 7) is 2.17. The van der Waals surface area contributed by atoms with Crippen LogP contribution in [0.4, 0.5) is 0 Å². The Bertz CT molecular complexity index is 2290. The molecule has 7 aromatic rings. The highest BCUT2D eigenvalue weighted by Crippen LogP contribution is 2.47. The fraction of sp³-hybridized carbons (Fsp3) is 0.0323. The van der Waals surface area contributed by atoms with Crippen LogP contribution in [0.3, 0.4) is 0 Å². The third-order valence-corrected chi connectivity index (χ3v) is 7.64. The molecule has 0 unspecified atom stereocenters. The monoisotopic (exact) mass is 450 g/mol. The summed E-state index contributed by atoms with van der Waals surface area (Å²) in [5.41, 5.74) is 11.1. The standard InChI is InChI=1S/C31H18N2O2/c1-17-27-26(20-11-8-10-19-18-9-2-3-12-21(18)33(27)28(19)20)31-29-30(17)34-24-15-6-4-13-22(24)32(29)23-14-5-7-16-25(23)35-31/h2-16H,1H3. The number of aryl methyl sites for hydroxylation is 1. The molecule has 5 aromatic carbocycles. The van der Waals surface area contributed by atoms with Crippen molar-refractivity contribution in [1.82, 2.24) is 8.97 Å². The Morgan fingerprint density at radius 3 is 1.91 bits per heavy atom. The summed E-state index contributed by atoms with van der Waals surface area (Å²) < 4.78 is 18.1. The van der Waals surface area contributed by atoms with Crippen LogP contribution in [0.2, 0.25) is 0 Å². The highest BCUT2D eigenvalue weighted by atomic mass is 16.3. The second-order valence-corrected chi connectivity index (χ2v) is 9.38.